The Labute approximate surface area is 83.5 Å². The van der Waals surface area contributed by atoms with E-state index in [-0.39, 0.29) is 0 Å². The van der Waals surface area contributed by atoms with Crippen molar-refractivity contribution in [2.45, 2.75) is 53.9 Å². The summed E-state index contributed by atoms with van der Waals surface area (Å²) in [6.45, 7) is 11.6. The summed E-state index contributed by atoms with van der Waals surface area (Å²) in [7, 11) is 0. The van der Waals surface area contributed by atoms with Gasteiger partial charge in [0.1, 0.15) is 0 Å². The fraction of sp³-hybridized carbons (Fsp3) is 1.00. The average Bonchev–Trinajstić information content (AvgIpc) is 1.95. The molecule has 1 heteroatoms. The van der Waals surface area contributed by atoms with Crippen molar-refractivity contribution in [1.82, 2.24) is 0 Å². The van der Waals surface area contributed by atoms with Crippen LogP contribution in [0.1, 0.15) is 53.9 Å². The molecule has 0 aliphatic heterocycles. The first-order valence-corrected chi connectivity index (χ1v) is 5.47. The molecule has 1 unspecified atom stereocenters. The molecule has 0 bridgehead atoms. The largest absolute Gasteiger partial charge is 0.396 e. The molecule has 80 valence electrons. The van der Waals surface area contributed by atoms with E-state index >= 15 is 0 Å². The molecule has 13 heavy (non-hydrogen) atoms. The van der Waals surface area contributed by atoms with Gasteiger partial charge in [0, 0.05) is 6.61 Å². The average molecular weight is 186 g/mol. The second-order valence-corrected chi connectivity index (χ2v) is 5.64. The number of aliphatic hydroxyl groups excluding tert-OH is 1. The van der Waals surface area contributed by atoms with E-state index in [0.29, 0.717) is 23.9 Å². The highest BCUT2D eigenvalue weighted by Crippen LogP contribution is 2.25. The number of hydrogen-bond acceptors (Lipinski definition) is 1. The van der Waals surface area contributed by atoms with Gasteiger partial charge in [0.25, 0.3) is 0 Å². The van der Waals surface area contributed by atoms with Crippen molar-refractivity contribution in [2.24, 2.45) is 17.3 Å². The van der Waals surface area contributed by atoms with Crippen LogP contribution in [0.5, 0.6) is 0 Å². The first kappa shape index (κ1) is 13.0. The summed E-state index contributed by atoms with van der Waals surface area (Å²) >= 11 is 0. The zero-order chi connectivity index (χ0) is 10.5. The first-order chi connectivity index (χ1) is 5.87. The fourth-order valence-electron chi connectivity index (χ4n) is 1.53. The van der Waals surface area contributed by atoms with E-state index in [1.54, 1.807) is 0 Å². The van der Waals surface area contributed by atoms with Gasteiger partial charge in [-0.25, -0.2) is 0 Å². The molecular weight excluding hydrogens is 160 g/mol. The van der Waals surface area contributed by atoms with Crippen molar-refractivity contribution >= 4 is 0 Å². The summed E-state index contributed by atoms with van der Waals surface area (Å²) in [4.78, 5) is 0. The van der Waals surface area contributed by atoms with Gasteiger partial charge >= 0.3 is 0 Å². The van der Waals surface area contributed by atoms with Crippen LogP contribution in [0.3, 0.4) is 0 Å². The number of aliphatic hydroxyl groups is 1. The Morgan fingerprint density at radius 2 is 1.69 bits per heavy atom. The summed E-state index contributed by atoms with van der Waals surface area (Å²) < 4.78 is 0. The molecule has 0 rings (SSSR count). The highest BCUT2D eigenvalue weighted by Gasteiger charge is 2.14. The molecular formula is C12H26O. The van der Waals surface area contributed by atoms with Crippen LogP contribution in [0, 0.1) is 17.3 Å². The van der Waals surface area contributed by atoms with Crippen LogP contribution in [0.4, 0.5) is 0 Å². The van der Waals surface area contributed by atoms with Gasteiger partial charge in [0.2, 0.25) is 0 Å². The highest BCUT2D eigenvalue weighted by atomic mass is 16.3. The third kappa shape index (κ3) is 7.06. The maximum Gasteiger partial charge on any atom is 0.0461 e. The van der Waals surface area contributed by atoms with Crippen LogP contribution < -0.4 is 0 Å². The van der Waals surface area contributed by atoms with E-state index in [1.807, 2.05) is 0 Å². The normalized spacial score (nSPS) is 15.0. The second kappa shape index (κ2) is 5.64. The lowest BCUT2D eigenvalue weighted by atomic mass is 9.85. The zero-order valence-corrected chi connectivity index (χ0v) is 9.93. The van der Waals surface area contributed by atoms with Crippen molar-refractivity contribution in [1.29, 1.82) is 0 Å². The van der Waals surface area contributed by atoms with Gasteiger partial charge in [-0.2, -0.15) is 0 Å². The van der Waals surface area contributed by atoms with Crippen LogP contribution in [-0.2, 0) is 0 Å². The maximum absolute atomic E-state index is 9.13. The monoisotopic (exact) mass is 186 g/mol. The van der Waals surface area contributed by atoms with Crippen LogP contribution in [0.15, 0.2) is 0 Å². The van der Waals surface area contributed by atoms with Crippen molar-refractivity contribution < 1.29 is 5.11 Å². The Morgan fingerprint density at radius 3 is 2.00 bits per heavy atom. The van der Waals surface area contributed by atoms with Crippen molar-refractivity contribution in [3.63, 3.8) is 0 Å². The summed E-state index contributed by atoms with van der Waals surface area (Å²) in [5.41, 5.74) is 0.441. The van der Waals surface area contributed by atoms with Gasteiger partial charge in [0.05, 0.1) is 0 Å². The van der Waals surface area contributed by atoms with Crippen LogP contribution in [0.25, 0.3) is 0 Å². The fourth-order valence-corrected chi connectivity index (χ4v) is 1.53. The van der Waals surface area contributed by atoms with Gasteiger partial charge in [-0.3, -0.25) is 0 Å². The predicted octanol–water partition coefficient (Wildman–Crippen LogP) is 3.47. The van der Waals surface area contributed by atoms with Gasteiger partial charge in [-0.1, -0.05) is 41.0 Å². The third-order valence-electron chi connectivity index (χ3n) is 2.68. The minimum atomic E-state index is 0.349. The molecule has 0 aliphatic carbocycles. The Hall–Kier alpha value is -0.0400. The molecule has 0 amide bonds. The molecule has 0 saturated carbocycles. The molecule has 0 aromatic carbocycles. The topological polar surface area (TPSA) is 20.2 Å². The lowest BCUT2D eigenvalue weighted by molar-refractivity contribution is 0.173. The number of hydrogen-bond donors (Lipinski definition) is 1. The Morgan fingerprint density at radius 1 is 1.15 bits per heavy atom. The lowest BCUT2D eigenvalue weighted by Crippen LogP contribution is -2.14. The summed E-state index contributed by atoms with van der Waals surface area (Å²) in [6, 6.07) is 0. The Bertz CT molecular complexity index is 122. The first-order valence-electron chi connectivity index (χ1n) is 5.47. The molecule has 1 N–H and O–H groups in total. The minimum absolute atomic E-state index is 0.349. The van der Waals surface area contributed by atoms with Gasteiger partial charge in [-0.15, -0.1) is 0 Å². The molecule has 1 atom stereocenters. The smallest absolute Gasteiger partial charge is 0.0461 e. The molecule has 0 heterocycles. The molecule has 0 saturated heterocycles. The molecule has 0 aromatic rings. The van der Waals surface area contributed by atoms with E-state index < -0.39 is 0 Å². The molecule has 0 spiro atoms. The predicted molar refractivity (Wildman–Crippen MR) is 58.7 cm³/mol. The molecule has 0 fully saturated rings. The van der Waals surface area contributed by atoms with E-state index in [2.05, 4.69) is 34.6 Å². The molecule has 0 aliphatic rings. The van der Waals surface area contributed by atoms with E-state index in [1.165, 1.54) is 19.3 Å². The summed E-state index contributed by atoms with van der Waals surface area (Å²) in [5, 5.41) is 9.13. The summed E-state index contributed by atoms with van der Waals surface area (Å²) in [6.07, 6.45) is 3.68. The lowest BCUT2D eigenvalue weighted by Gasteiger charge is -2.22. The van der Waals surface area contributed by atoms with Gasteiger partial charge in [-0.05, 0) is 30.1 Å². The van der Waals surface area contributed by atoms with E-state index in [0.717, 1.165) is 0 Å². The van der Waals surface area contributed by atoms with Crippen molar-refractivity contribution in [3.8, 4) is 0 Å². The second-order valence-electron chi connectivity index (χ2n) is 5.64. The quantitative estimate of drug-likeness (QED) is 0.697. The highest BCUT2D eigenvalue weighted by molar-refractivity contribution is 4.66. The van der Waals surface area contributed by atoms with Crippen LogP contribution in [0.2, 0.25) is 0 Å². The SMILES string of the molecule is CC(C)C(CO)CCCC(C)(C)C. The van der Waals surface area contributed by atoms with Crippen LogP contribution >= 0.6 is 0 Å². The number of rotatable bonds is 5. The molecule has 0 aromatic heterocycles. The molecule has 0 radical (unpaired) electrons. The van der Waals surface area contributed by atoms with E-state index in [9.17, 15) is 0 Å². The standard InChI is InChI=1S/C12H26O/c1-10(2)11(9-13)7-6-8-12(3,4)5/h10-11,13H,6-9H2,1-5H3. The zero-order valence-electron chi connectivity index (χ0n) is 9.93. The van der Waals surface area contributed by atoms with Crippen LogP contribution in [-0.4, -0.2) is 11.7 Å². The molecule has 1 nitrogen and oxygen atoms in total. The minimum Gasteiger partial charge on any atom is -0.396 e. The van der Waals surface area contributed by atoms with Crippen molar-refractivity contribution in [3.05, 3.63) is 0 Å². The summed E-state index contributed by atoms with van der Waals surface area (Å²) in [5.74, 6) is 1.12. The third-order valence-corrected chi connectivity index (χ3v) is 2.68. The Kier molecular flexibility index (Phi) is 5.62. The van der Waals surface area contributed by atoms with Crippen molar-refractivity contribution in [2.75, 3.05) is 6.61 Å². The van der Waals surface area contributed by atoms with Gasteiger partial charge in [0.15, 0.2) is 0 Å². The van der Waals surface area contributed by atoms with E-state index in [4.69, 9.17) is 5.11 Å². The maximum atomic E-state index is 9.13. The Balaban J connectivity index is 3.62. The van der Waals surface area contributed by atoms with Gasteiger partial charge < -0.3 is 5.11 Å².